The van der Waals surface area contributed by atoms with Gasteiger partial charge < -0.3 is 15.5 Å². The van der Waals surface area contributed by atoms with Crippen molar-refractivity contribution in [1.29, 1.82) is 0 Å². The van der Waals surface area contributed by atoms with Gasteiger partial charge in [0.1, 0.15) is 0 Å². The van der Waals surface area contributed by atoms with Crippen LogP contribution < -0.4 is 16.0 Å². The second-order valence-corrected chi connectivity index (χ2v) is 6.68. The highest BCUT2D eigenvalue weighted by atomic mass is 16.2. The van der Waals surface area contributed by atoms with Crippen LogP contribution in [0.25, 0.3) is 0 Å². The van der Waals surface area contributed by atoms with E-state index in [9.17, 15) is 14.4 Å². The Morgan fingerprint density at radius 1 is 1.12 bits per heavy atom. The van der Waals surface area contributed by atoms with Crippen LogP contribution in [0.1, 0.15) is 30.6 Å². The summed E-state index contributed by atoms with van der Waals surface area (Å²) in [7, 11) is 1.44. The lowest BCUT2D eigenvalue weighted by atomic mass is 9.91. The van der Waals surface area contributed by atoms with E-state index in [0.29, 0.717) is 23.1 Å². The minimum atomic E-state index is -0.563. The maximum atomic E-state index is 12.9. The molecule has 2 atom stereocenters. The zero-order valence-corrected chi connectivity index (χ0v) is 15.0. The summed E-state index contributed by atoms with van der Waals surface area (Å²) in [6, 6.07) is 6.56. The molecule has 1 aromatic rings. The molecule has 1 aliphatic heterocycles. The molecule has 0 radical (unpaired) electrons. The van der Waals surface area contributed by atoms with Crippen LogP contribution in [0.3, 0.4) is 0 Å². The molecule has 1 fully saturated rings. The molecule has 1 saturated heterocycles. The molecule has 0 spiro atoms. The van der Waals surface area contributed by atoms with E-state index >= 15 is 0 Å². The van der Waals surface area contributed by atoms with Gasteiger partial charge in [0, 0.05) is 25.8 Å². The van der Waals surface area contributed by atoms with Gasteiger partial charge in [-0.25, -0.2) is 4.79 Å². The molecule has 0 unspecified atom stereocenters. The number of benzene rings is 1. The van der Waals surface area contributed by atoms with Crippen LogP contribution >= 0.6 is 0 Å². The number of carbonyl (C=O) groups excluding carboxylic acids is 3. The summed E-state index contributed by atoms with van der Waals surface area (Å²) in [6.07, 6.45) is 1.13. The quantitative estimate of drug-likeness (QED) is 0.773. The van der Waals surface area contributed by atoms with E-state index < -0.39 is 11.9 Å². The molecule has 4 amide bonds. The topological polar surface area (TPSA) is 90.5 Å². The van der Waals surface area contributed by atoms with Crippen molar-refractivity contribution in [2.45, 2.75) is 20.3 Å². The van der Waals surface area contributed by atoms with Crippen molar-refractivity contribution >= 4 is 23.5 Å². The third-order valence-corrected chi connectivity index (χ3v) is 4.23. The molecule has 0 aromatic heterocycles. The predicted molar refractivity (Wildman–Crippen MR) is 96.4 cm³/mol. The predicted octanol–water partition coefficient (Wildman–Crippen LogP) is 1.67. The second kappa shape index (κ2) is 8.50. The smallest absolute Gasteiger partial charge is 0.321 e. The minimum Gasteiger partial charge on any atom is -0.375 e. The number of hydrogen-bond donors (Lipinski definition) is 3. The van der Waals surface area contributed by atoms with Crippen molar-refractivity contribution in [3.63, 3.8) is 0 Å². The number of amides is 4. The molecule has 136 valence electrons. The van der Waals surface area contributed by atoms with Crippen molar-refractivity contribution in [3.05, 3.63) is 29.8 Å². The van der Waals surface area contributed by atoms with Gasteiger partial charge in [-0.2, -0.15) is 0 Å². The molecular formula is C18H26N4O3. The standard InChI is InChI=1S/C18H26N4O3/c1-12-8-13(2)11-22(10-12)17(24)14-6-4-5-7-15(14)20-9-16(23)21-18(25)19-3/h4-7,12-13,20H,8-11H2,1-3H3,(H2,19,21,23,25)/t12-,13-/m0/s1. The maximum Gasteiger partial charge on any atom is 0.321 e. The summed E-state index contributed by atoms with van der Waals surface area (Å²) in [5.41, 5.74) is 1.13. The first-order valence-corrected chi connectivity index (χ1v) is 8.54. The number of nitrogens with one attached hydrogen (secondary N) is 3. The highest BCUT2D eigenvalue weighted by molar-refractivity contribution is 6.01. The Morgan fingerprint density at radius 2 is 1.76 bits per heavy atom. The summed E-state index contributed by atoms with van der Waals surface area (Å²) in [5, 5.41) is 7.44. The first kappa shape index (κ1) is 18.8. The average Bonchev–Trinajstić information content (AvgIpc) is 2.58. The molecule has 7 heteroatoms. The van der Waals surface area contributed by atoms with Crippen LogP contribution in [0.2, 0.25) is 0 Å². The number of hydrogen-bond acceptors (Lipinski definition) is 4. The Balaban J connectivity index is 2.05. The number of likely N-dealkylation sites (tertiary alicyclic amines) is 1. The summed E-state index contributed by atoms with van der Waals surface area (Å²) in [4.78, 5) is 37.7. The number of anilines is 1. The Morgan fingerprint density at radius 3 is 2.40 bits per heavy atom. The molecule has 1 aliphatic rings. The molecule has 25 heavy (non-hydrogen) atoms. The van der Waals surface area contributed by atoms with Gasteiger partial charge in [-0.1, -0.05) is 26.0 Å². The fourth-order valence-electron chi connectivity index (χ4n) is 3.23. The van der Waals surface area contributed by atoms with E-state index in [2.05, 4.69) is 29.8 Å². The normalized spacial score (nSPS) is 19.9. The Bertz CT molecular complexity index is 637. The van der Waals surface area contributed by atoms with E-state index in [1.54, 1.807) is 24.3 Å². The highest BCUT2D eigenvalue weighted by Crippen LogP contribution is 2.24. The minimum absolute atomic E-state index is 0.0341. The van der Waals surface area contributed by atoms with Crippen LogP contribution in [0, 0.1) is 11.8 Å². The molecule has 7 nitrogen and oxygen atoms in total. The van der Waals surface area contributed by atoms with E-state index in [0.717, 1.165) is 19.5 Å². The lowest BCUT2D eigenvalue weighted by molar-refractivity contribution is -0.118. The summed E-state index contributed by atoms with van der Waals surface area (Å²) in [5.74, 6) is 0.451. The first-order chi connectivity index (χ1) is 11.9. The summed E-state index contributed by atoms with van der Waals surface area (Å²) >= 11 is 0. The Labute approximate surface area is 148 Å². The van der Waals surface area contributed by atoms with Gasteiger partial charge in [0.25, 0.3) is 5.91 Å². The van der Waals surface area contributed by atoms with Gasteiger partial charge in [0.2, 0.25) is 5.91 Å². The third-order valence-electron chi connectivity index (χ3n) is 4.23. The van der Waals surface area contributed by atoms with Crippen LogP contribution in [0.4, 0.5) is 10.5 Å². The van der Waals surface area contributed by atoms with Crippen LogP contribution in [0.5, 0.6) is 0 Å². The summed E-state index contributed by atoms with van der Waals surface area (Å²) in [6.45, 7) is 5.71. The third kappa shape index (κ3) is 5.20. The number of urea groups is 1. The van der Waals surface area contributed by atoms with Crippen molar-refractivity contribution < 1.29 is 14.4 Å². The number of imide groups is 1. The molecule has 2 rings (SSSR count). The maximum absolute atomic E-state index is 12.9. The average molecular weight is 346 g/mol. The number of para-hydroxylation sites is 1. The van der Waals surface area contributed by atoms with Crippen molar-refractivity contribution in [3.8, 4) is 0 Å². The monoisotopic (exact) mass is 346 g/mol. The fraction of sp³-hybridized carbons (Fsp3) is 0.500. The lowest BCUT2D eigenvalue weighted by Gasteiger charge is -2.35. The van der Waals surface area contributed by atoms with Gasteiger partial charge in [0.05, 0.1) is 12.1 Å². The molecule has 1 heterocycles. The van der Waals surface area contributed by atoms with E-state index in [4.69, 9.17) is 0 Å². The zero-order valence-electron chi connectivity index (χ0n) is 15.0. The van der Waals surface area contributed by atoms with Gasteiger partial charge in [0.15, 0.2) is 0 Å². The van der Waals surface area contributed by atoms with Crippen molar-refractivity contribution in [2.24, 2.45) is 11.8 Å². The zero-order chi connectivity index (χ0) is 18.4. The summed E-state index contributed by atoms with van der Waals surface area (Å²) < 4.78 is 0. The van der Waals surface area contributed by atoms with E-state index in [1.165, 1.54) is 7.05 Å². The number of nitrogens with zero attached hydrogens (tertiary/aromatic N) is 1. The van der Waals surface area contributed by atoms with Gasteiger partial charge in [-0.3, -0.25) is 14.9 Å². The lowest BCUT2D eigenvalue weighted by Crippen LogP contribution is -2.43. The van der Waals surface area contributed by atoms with Gasteiger partial charge in [-0.15, -0.1) is 0 Å². The largest absolute Gasteiger partial charge is 0.375 e. The molecular weight excluding hydrogens is 320 g/mol. The SMILES string of the molecule is CNC(=O)NC(=O)CNc1ccccc1C(=O)N1C[C@@H](C)C[C@H](C)C1. The van der Waals surface area contributed by atoms with Crippen molar-refractivity contribution in [2.75, 3.05) is 32.0 Å². The first-order valence-electron chi connectivity index (χ1n) is 8.54. The molecule has 0 aliphatic carbocycles. The fourth-order valence-corrected chi connectivity index (χ4v) is 3.23. The van der Waals surface area contributed by atoms with E-state index in [1.807, 2.05) is 4.90 Å². The number of carbonyl (C=O) groups is 3. The Kier molecular flexibility index (Phi) is 6.38. The molecule has 3 N–H and O–H groups in total. The van der Waals surface area contributed by atoms with Crippen molar-refractivity contribution in [1.82, 2.24) is 15.5 Å². The number of rotatable bonds is 4. The molecule has 0 bridgehead atoms. The molecule has 1 aromatic carbocycles. The van der Waals surface area contributed by atoms with E-state index in [-0.39, 0.29) is 12.5 Å². The van der Waals surface area contributed by atoms with Crippen LogP contribution in [-0.2, 0) is 4.79 Å². The van der Waals surface area contributed by atoms with Gasteiger partial charge in [-0.05, 0) is 30.4 Å². The van der Waals surface area contributed by atoms with Gasteiger partial charge >= 0.3 is 6.03 Å². The van der Waals surface area contributed by atoms with Crippen LogP contribution in [-0.4, -0.2) is 49.4 Å². The second-order valence-electron chi connectivity index (χ2n) is 6.68. The van der Waals surface area contributed by atoms with Crippen LogP contribution in [0.15, 0.2) is 24.3 Å². The Hall–Kier alpha value is -2.57. The molecule has 0 saturated carbocycles. The highest BCUT2D eigenvalue weighted by Gasteiger charge is 2.27. The number of piperidine rings is 1.